The zero-order valence-corrected chi connectivity index (χ0v) is 16.8. The smallest absolute Gasteiger partial charge is 0.416 e. The lowest BCUT2D eigenvalue weighted by Gasteiger charge is -2.10. The molecule has 1 amide bonds. The Morgan fingerprint density at radius 2 is 1.77 bits per heavy atom. The number of amides is 1. The highest BCUT2D eigenvalue weighted by molar-refractivity contribution is 7.13. The van der Waals surface area contributed by atoms with E-state index in [0.717, 1.165) is 17.0 Å². The standard InChI is InChI=1S/C22H15F3N2O3S/c1-12(28)26-21-18(17-6-3-11-31-17)27-20(30-21)16-5-2-4-15(19(16)29)13-7-9-14(10-8-13)22(23,24)25/h2-11,29H,1H3,(H,26,28). The number of anilines is 1. The van der Waals surface area contributed by atoms with Crippen molar-refractivity contribution in [3.05, 3.63) is 65.5 Å². The molecule has 9 heteroatoms. The molecule has 0 bridgehead atoms. The molecule has 158 valence electrons. The number of phenolic OH excluding ortho intramolecular Hbond substituents is 1. The summed E-state index contributed by atoms with van der Waals surface area (Å²) in [5.74, 6) is -0.332. The SMILES string of the molecule is CC(=O)Nc1oc(-c2cccc(-c3ccc(C(F)(F)F)cc3)c2O)nc1-c1cccs1. The number of hydrogen-bond acceptors (Lipinski definition) is 5. The Hall–Kier alpha value is -3.59. The van der Waals surface area contributed by atoms with Gasteiger partial charge in [-0.05, 0) is 35.2 Å². The number of hydrogen-bond donors (Lipinski definition) is 2. The van der Waals surface area contributed by atoms with Gasteiger partial charge in [0, 0.05) is 12.5 Å². The Bertz CT molecular complexity index is 1230. The number of thiophene rings is 1. The first kappa shape index (κ1) is 20.7. The lowest BCUT2D eigenvalue weighted by Crippen LogP contribution is -2.05. The second kappa shape index (κ2) is 7.92. The molecule has 0 aliphatic heterocycles. The van der Waals surface area contributed by atoms with Gasteiger partial charge in [-0.25, -0.2) is 4.98 Å². The molecule has 2 aromatic heterocycles. The molecule has 5 nitrogen and oxygen atoms in total. The number of aromatic hydroxyl groups is 1. The molecule has 0 saturated heterocycles. The zero-order valence-electron chi connectivity index (χ0n) is 16.0. The van der Waals surface area contributed by atoms with E-state index in [4.69, 9.17) is 4.42 Å². The van der Waals surface area contributed by atoms with Crippen LogP contribution in [0, 0.1) is 0 Å². The first-order valence-corrected chi connectivity index (χ1v) is 9.94. The molecule has 31 heavy (non-hydrogen) atoms. The molecule has 4 aromatic rings. The monoisotopic (exact) mass is 444 g/mol. The van der Waals surface area contributed by atoms with Crippen molar-refractivity contribution in [2.75, 3.05) is 5.32 Å². The maximum atomic E-state index is 12.8. The van der Waals surface area contributed by atoms with Gasteiger partial charge in [0.15, 0.2) is 0 Å². The molecule has 4 rings (SSSR count). The second-order valence-electron chi connectivity index (χ2n) is 6.63. The number of benzene rings is 2. The van der Waals surface area contributed by atoms with Crippen LogP contribution in [0.4, 0.5) is 19.1 Å². The maximum absolute atomic E-state index is 12.8. The maximum Gasteiger partial charge on any atom is 0.416 e. The minimum Gasteiger partial charge on any atom is -0.506 e. The Kier molecular flexibility index (Phi) is 5.28. The number of rotatable bonds is 4. The van der Waals surface area contributed by atoms with Crippen LogP contribution in [0.25, 0.3) is 33.2 Å². The van der Waals surface area contributed by atoms with E-state index in [1.807, 2.05) is 17.5 Å². The average molecular weight is 444 g/mol. The molecule has 0 unspecified atom stereocenters. The topological polar surface area (TPSA) is 75.4 Å². The molecular formula is C22H15F3N2O3S. The van der Waals surface area contributed by atoms with Crippen molar-refractivity contribution in [2.24, 2.45) is 0 Å². The van der Waals surface area contributed by atoms with E-state index in [1.165, 1.54) is 30.4 Å². The molecule has 0 saturated carbocycles. The number of aromatic nitrogens is 1. The van der Waals surface area contributed by atoms with Crippen molar-refractivity contribution in [1.82, 2.24) is 4.98 Å². The number of alkyl halides is 3. The Morgan fingerprint density at radius 1 is 1.06 bits per heavy atom. The molecule has 2 N–H and O–H groups in total. The third-order valence-corrected chi connectivity index (χ3v) is 5.34. The summed E-state index contributed by atoms with van der Waals surface area (Å²) >= 11 is 1.41. The fourth-order valence-corrected chi connectivity index (χ4v) is 3.76. The number of halogens is 3. The molecule has 0 spiro atoms. The van der Waals surface area contributed by atoms with E-state index in [9.17, 15) is 23.1 Å². The highest BCUT2D eigenvalue weighted by Crippen LogP contribution is 2.42. The summed E-state index contributed by atoms with van der Waals surface area (Å²) in [4.78, 5) is 16.8. The molecule has 2 heterocycles. The molecule has 2 aromatic carbocycles. The van der Waals surface area contributed by atoms with Gasteiger partial charge in [-0.3, -0.25) is 10.1 Å². The summed E-state index contributed by atoms with van der Waals surface area (Å²) in [5.41, 5.74) is 0.606. The number of para-hydroxylation sites is 1. The Labute approximate surface area is 178 Å². The largest absolute Gasteiger partial charge is 0.506 e. The van der Waals surface area contributed by atoms with Gasteiger partial charge in [0.2, 0.25) is 17.7 Å². The highest BCUT2D eigenvalue weighted by Gasteiger charge is 2.30. The summed E-state index contributed by atoms with van der Waals surface area (Å²) < 4.78 is 44.2. The van der Waals surface area contributed by atoms with Crippen molar-refractivity contribution >= 4 is 23.1 Å². The zero-order chi connectivity index (χ0) is 22.2. The van der Waals surface area contributed by atoms with Crippen LogP contribution in [0.2, 0.25) is 0 Å². The second-order valence-corrected chi connectivity index (χ2v) is 7.58. The van der Waals surface area contributed by atoms with Gasteiger partial charge in [-0.2, -0.15) is 13.2 Å². The quantitative estimate of drug-likeness (QED) is 0.381. The Balaban J connectivity index is 1.77. The van der Waals surface area contributed by atoms with Crippen molar-refractivity contribution in [3.8, 4) is 38.9 Å². The summed E-state index contributed by atoms with van der Waals surface area (Å²) in [5, 5.41) is 15.3. The number of carbonyl (C=O) groups is 1. The van der Waals surface area contributed by atoms with E-state index in [2.05, 4.69) is 10.3 Å². The first-order chi connectivity index (χ1) is 14.7. The third-order valence-electron chi connectivity index (χ3n) is 4.46. The highest BCUT2D eigenvalue weighted by atomic mass is 32.1. The third kappa shape index (κ3) is 4.17. The number of oxazole rings is 1. The lowest BCUT2D eigenvalue weighted by atomic mass is 10.00. The fraction of sp³-hybridized carbons (Fsp3) is 0.0909. The Morgan fingerprint density at radius 3 is 2.39 bits per heavy atom. The van der Waals surface area contributed by atoms with Crippen LogP contribution >= 0.6 is 11.3 Å². The summed E-state index contributed by atoms with van der Waals surface area (Å²) in [7, 11) is 0. The number of carbonyl (C=O) groups excluding carboxylic acids is 1. The van der Waals surface area contributed by atoms with Gasteiger partial charge in [0.05, 0.1) is 16.0 Å². The molecular weight excluding hydrogens is 429 g/mol. The lowest BCUT2D eigenvalue weighted by molar-refractivity contribution is -0.137. The van der Waals surface area contributed by atoms with Crippen LogP contribution in [0.15, 0.2) is 64.4 Å². The van der Waals surface area contributed by atoms with Crippen LogP contribution in [-0.4, -0.2) is 16.0 Å². The van der Waals surface area contributed by atoms with E-state index in [-0.39, 0.29) is 29.0 Å². The molecule has 0 aliphatic rings. The average Bonchev–Trinajstić information content (AvgIpc) is 3.37. The van der Waals surface area contributed by atoms with Gasteiger partial charge >= 0.3 is 6.18 Å². The van der Waals surface area contributed by atoms with Gasteiger partial charge in [-0.1, -0.05) is 30.3 Å². The first-order valence-electron chi connectivity index (χ1n) is 9.06. The van der Waals surface area contributed by atoms with Crippen LogP contribution in [-0.2, 0) is 11.0 Å². The van der Waals surface area contributed by atoms with Crippen LogP contribution in [0.5, 0.6) is 5.75 Å². The summed E-state index contributed by atoms with van der Waals surface area (Å²) in [6.45, 7) is 1.34. The minimum absolute atomic E-state index is 0.0680. The molecule has 0 aliphatic carbocycles. The molecule has 0 radical (unpaired) electrons. The summed E-state index contributed by atoms with van der Waals surface area (Å²) in [6, 6.07) is 12.9. The van der Waals surface area contributed by atoms with Crippen molar-refractivity contribution in [1.29, 1.82) is 0 Å². The van der Waals surface area contributed by atoms with E-state index >= 15 is 0 Å². The van der Waals surface area contributed by atoms with Crippen molar-refractivity contribution in [3.63, 3.8) is 0 Å². The predicted molar refractivity (Wildman–Crippen MR) is 112 cm³/mol. The molecule has 0 atom stereocenters. The van der Waals surface area contributed by atoms with Gasteiger partial charge in [-0.15, -0.1) is 11.3 Å². The number of nitrogens with one attached hydrogen (secondary N) is 1. The number of phenols is 1. The van der Waals surface area contributed by atoms with Gasteiger partial charge in [0.25, 0.3) is 0 Å². The van der Waals surface area contributed by atoms with Crippen LogP contribution < -0.4 is 5.32 Å². The van der Waals surface area contributed by atoms with Gasteiger partial charge < -0.3 is 9.52 Å². The summed E-state index contributed by atoms with van der Waals surface area (Å²) in [6.07, 6.45) is -4.45. The van der Waals surface area contributed by atoms with Crippen molar-refractivity contribution in [2.45, 2.75) is 13.1 Å². The van der Waals surface area contributed by atoms with E-state index in [0.29, 0.717) is 16.8 Å². The number of nitrogens with zero attached hydrogens (tertiary/aromatic N) is 1. The van der Waals surface area contributed by atoms with E-state index < -0.39 is 11.7 Å². The van der Waals surface area contributed by atoms with Crippen molar-refractivity contribution < 1.29 is 27.5 Å². The van der Waals surface area contributed by atoms with E-state index in [1.54, 1.807) is 18.2 Å². The van der Waals surface area contributed by atoms with Crippen LogP contribution in [0.1, 0.15) is 12.5 Å². The minimum atomic E-state index is -4.45. The van der Waals surface area contributed by atoms with Crippen LogP contribution in [0.3, 0.4) is 0 Å². The molecule has 0 fully saturated rings. The van der Waals surface area contributed by atoms with Gasteiger partial charge in [0.1, 0.15) is 11.4 Å². The fourth-order valence-electron chi connectivity index (χ4n) is 3.05. The normalized spacial score (nSPS) is 11.5. The predicted octanol–water partition coefficient (Wildman–Crippen LogP) is 6.42.